The van der Waals surface area contributed by atoms with Crippen LogP contribution in [0.5, 0.6) is 5.75 Å². The number of carbonyl (C=O) groups excluding carboxylic acids is 1. The predicted octanol–water partition coefficient (Wildman–Crippen LogP) is 3.66. The third-order valence-corrected chi connectivity index (χ3v) is 4.15. The molecule has 3 aromatic rings. The molecule has 0 bridgehead atoms. The lowest BCUT2D eigenvalue weighted by atomic mass is 10.1. The number of nitro groups is 1. The largest absolute Gasteiger partial charge is 0.482 e. The molecule has 2 heterocycles. The number of hydrogen-bond acceptors (Lipinski definition) is 5. The minimum atomic E-state index is -4.07. The molecule has 27 heavy (non-hydrogen) atoms. The molecular weight excluding hydrogens is 360 g/mol. The molecule has 0 aliphatic carbocycles. The lowest BCUT2D eigenvalue weighted by Crippen LogP contribution is -2.50. The van der Waals surface area contributed by atoms with Gasteiger partial charge in [0.25, 0.3) is 5.69 Å². The lowest BCUT2D eigenvalue weighted by Gasteiger charge is -2.33. The van der Waals surface area contributed by atoms with Crippen LogP contribution >= 0.6 is 0 Å². The summed E-state index contributed by atoms with van der Waals surface area (Å²) in [6.07, 6.45) is -4.07. The number of hydrogen-bond donors (Lipinski definition) is 0. The molecule has 2 aromatic carbocycles. The first-order chi connectivity index (χ1) is 12.8. The second-order valence-electron chi connectivity index (χ2n) is 5.91. The Balaban J connectivity index is 1.78. The Morgan fingerprint density at radius 3 is 2.70 bits per heavy atom. The summed E-state index contributed by atoms with van der Waals surface area (Å²) in [4.78, 5) is 27.7. The molecule has 0 radical (unpaired) electrons. The van der Waals surface area contributed by atoms with Gasteiger partial charge in [-0.3, -0.25) is 24.8 Å². The first-order valence-electron chi connectivity index (χ1n) is 7.87. The summed E-state index contributed by atoms with van der Waals surface area (Å²) in [6.45, 7) is -0.281. The van der Waals surface area contributed by atoms with Crippen molar-refractivity contribution in [2.45, 2.75) is 12.7 Å². The number of rotatable bonds is 3. The van der Waals surface area contributed by atoms with Crippen molar-refractivity contribution >= 4 is 28.2 Å². The zero-order valence-corrected chi connectivity index (χ0v) is 13.6. The number of benzene rings is 2. The molecule has 0 N–H and O–H groups in total. The molecule has 1 aliphatic rings. The second kappa shape index (κ2) is 5.97. The van der Waals surface area contributed by atoms with E-state index < -0.39 is 16.9 Å². The SMILES string of the molecule is O=C1N(Cc2ccc3ccccc3n2)c2cc([N+](=O)[O-])ccc2OC1(F)F. The minimum absolute atomic E-state index is 0.102. The summed E-state index contributed by atoms with van der Waals surface area (Å²) in [7, 11) is 0. The second-order valence-corrected chi connectivity index (χ2v) is 5.91. The van der Waals surface area contributed by atoms with Crippen molar-refractivity contribution in [1.82, 2.24) is 4.98 Å². The maximum absolute atomic E-state index is 14.0. The summed E-state index contributed by atoms with van der Waals surface area (Å²) < 4.78 is 32.4. The Labute approximate surface area is 150 Å². The third-order valence-electron chi connectivity index (χ3n) is 4.15. The Bertz CT molecular complexity index is 1090. The lowest BCUT2D eigenvalue weighted by molar-refractivity contribution is -0.384. The number of ether oxygens (including phenoxy) is 1. The van der Waals surface area contributed by atoms with Crippen LogP contribution in [0.3, 0.4) is 0 Å². The number of alkyl halides is 2. The van der Waals surface area contributed by atoms with Gasteiger partial charge in [0.15, 0.2) is 5.75 Å². The van der Waals surface area contributed by atoms with Gasteiger partial charge in [-0.1, -0.05) is 24.3 Å². The molecule has 9 heteroatoms. The van der Waals surface area contributed by atoms with Crippen LogP contribution in [0, 0.1) is 10.1 Å². The Morgan fingerprint density at radius 2 is 1.93 bits per heavy atom. The topological polar surface area (TPSA) is 85.6 Å². The van der Waals surface area contributed by atoms with Crippen molar-refractivity contribution < 1.29 is 23.2 Å². The quantitative estimate of drug-likeness (QED) is 0.518. The fraction of sp³-hybridized carbons (Fsp3) is 0.111. The molecule has 0 atom stereocenters. The summed E-state index contributed by atoms with van der Waals surface area (Å²) in [5.41, 5.74) is 0.556. The van der Waals surface area contributed by atoms with Gasteiger partial charge in [-0.2, -0.15) is 8.78 Å². The van der Waals surface area contributed by atoms with Crippen molar-refractivity contribution in [1.29, 1.82) is 0 Å². The van der Waals surface area contributed by atoms with E-state index in [2.05, 4.69) is 9.72 Å². The van der Waals surface area contributed by atoms with E-state index in [0.29, 0.717) is 11.2 Å². The highest BCUT2D eigenvalue weighted by atomic mass is 19.3. The van der Waals surface area contributed by atoms with Crippen LogP contribution < -0.4 is 9.64 Å². The maximum Gasteiger partial charge on any atom is 0.482 e. The van der Waals surface area contributed by atoms with E-state index in [9.17, 15) is 23.7 Å². The van der Waals surface area contributed by atoms with Crippen LogP contribution in [0.15, 0.2) is 54.6 Å². The number of halogens is 2. The number of fused-ring (bicyclic) bond motifs is 2. The fourth-order valence-corrected chi connectivity index (χ4v) is 2.88. The average Bonchev–Trinajstić information content (AvgIpc) is 2.64. The Morgan fingerprint density at radius 1 is 1.15 bits per heavy atom. The number of pyridine rings is 1. The van der Waals surface area contributed by atoms with Crippen LogP contribution in [0.1, 0.15) is 5.69 Å². The van der Waals surface area contributed by atoms with Crippen LogP contribution in [0.4, 0.5) is 20.2 Å². The number of nitrogens with zero attached hydrogens (tertiary/aromatic N) is 3. The van der Waals surface area contributed by atoms with Gasteiger partial charge in [0.1, 0.15) is 0 Å². The van der Waals surface area contributed by atoms with Crippen LogP contribution in [-0.4, -0.2) is 21.9 Å². The average molecular weight is 371 g/mol. The zero-order valence-electron chi connectivity index (χ0n) is 13.6. The predicted molar refractivity (Wildman–Crippen MR) is 91.6 cm³/mol. The van der Waals surface area contributed by atoms with E-state index in [0.717, 1.165) is 28.5 Å². The van der Waals surface area contributed by atoms with E-state index in [1.165, 1.54) is 0 Å². The van der Waals surface area contributed by atoms with E-state index in [4.69, 9.17) is 0 Å². The number of para-hydroxylation sites is 1. The summed E-state index contributed by atoms with van der Waals surface area (Å²) >= 11 is 0. The van der Waals surface area contributed by atoms with Crippen molar-refractivity contribution in [2.24, 2.45) is 0 Å². The van der Waals surface area contributed by atoms with E-state index in [1.807, 2.05) is 12.1 Å². The van der Waals surface area contributed by atoms with Crippen molar-refractivity contribution in [3.8, 4) is 5.75 Å². The highest BCUT2D eigenvalue weighted by molar-refractivity contribution is 6.01. The highest BCUT2D eigenvalue weighted by Crippen LogP contribution is 2.41. The molecule has 1 aromatic heterocycles. The monoisotopic (exact) mass is 371 g/mol. The summed E-state index contributed by atoms with van der Waals surface area (Å²) in [5, 5.41) is 11.9. The molecular formula is C18H11F2N3O4. The standard InChI is InChI=1S/C18H11F2N3O4/c19-18(20)17(24)22(15-9-13(23(25)26)7-8-16(15)27-18)10-12-6-5-11-3-1-2-4-14(11)21-12/h1-9H,10H2. The first kappa shape index (κ1) is 16.8. The maximum atomic E-state index is 14.0. The van der Waals surface area contributed by atoms with Crippen molar-refractivity contribution in [3.05, 3.63) is 70.4 Å². The molecule has 0 fully saturated rings. The molecule has 0 spiro atoms. The van der Waals surface area contributed by atoms with E-state index >= 15 is 0 Å². The molecule has 0 saturated carbocycles. The minimum Gasteiger partial charge on any atom is -0.423 e. The van der Waals surface area contributed by atoms with Gasteiger partial charge in [-0.15, -0.1) is 0 Å². The number of amides is 1. The normalized spacial score (nSPS) is 15.3. The van der Waals surface area contributed by atoms with Crippen LogP contribution in [-0.2, 0) is 11.3 Å². The van der Waals surface area contributed by atoms with Crippen molar-refractivity contribution in [2.75, 3.05) is 4.90 Å². The molecule has 4 rings (SSSR count). The van der Waals surface area contributed by atoms with Gasteiger partial charge in [-0.25, -0.2) is 0 Å². The highest BCUT2D eigenvalue weighted by Gasteiger charge is 2.51. The summed E-state index contributed by atoms with van der Waals surface area (Å²) in [5.74, 6) is -1.92. The molecule has 0 unspecified atom stereocenters. The first-order valence-corrected chi connectivity index (χ1v) is 7.87. The van der Waals surface area contributed by atoms with Crippen LogP contribution in [0.25, 0.3) is 10.9 Å². The number of carbonyl (C=O) groups is 1. The molecule has 136 valence electrons. The van der Waals surface area contributed by atoms with Gasteiger partial charge in [0, 0.05) is 17.5 Å². The van der Waals surface area contributed by atoms with E-state index in [-0.39, 0.29) is 23.7 Å². The number of nitro benzene ring substituents is 1. The van der Waals surface area contributed by atoms with Gasteiger partial charge in [-0.05, 0) is 18.2 Å². The van der Waals surface area contributed by atoms with Gasteiger partial charge < -0.3 is 4.74 Å². The van der Waals surface area contributed by atoms with Gasteiger partial charge >= 0.3 is 12.0 Å². The zero-order chi connectivity index (χ0) is 19.2. The smallest absolute Gasteiger partial charge is 0.423 e. The van der Waals surface area contributed by atoms with Gasteiger partial charge in [0.05, 0.1) is 28.4 Å². The molecule has 0 saturated heterocycles. The Hall–Kier alpha value is -3.62. The molecule has 1 aliphatic heterocycles. The van der Waals surface area contributed by atoms with Crippen molar-refractivity contribution in [3.63, 3.8) is 0 Å². The number of aromatic nitrogens is 1. The molecule has 7 nitrogen and oxygen atoms in total. The van der Waals surface area contributed by atoms with Crippen LogP contribution in [0.2, 0.25) is 0 Å². The summed E-state index contributed by atoms with van der Waals surface area (Å²) in [6, 6.07) is 13.7. The molecule has 1 amide bonds. The Kier molecular flexibility index (Phi) is 3.72. The fourth-order valence-electron chi connectivity index (χ4n) is 2.88. The number of non-ortho nitro benzene ring substituents is 1. The van der Waals surface area contributed by atoms with Gasteiger partial charge in [0.2, 0.25) is 0 Å². The number of anilines is 1. The third kappa shape index (κ3) is 2.92. The van der Waals surface area contributed by atoms with E-state index in [1.54, 1.807) is 24.3 Å².